The molecule has 3 aromatic carbocycles. The van der Waals surface area contributed by atoms with Crippen molar-refractivity contribution in [2.75, 3.05) is 8.61 Å². The molecule has 1 aliphatic heterocycles. The molecule has 0 radical (unpaired) electrons. The fourth-order valence-corrected chi connectivity index (χ4v) is 7.67. The molecule has 0 atom stereocenters. The first kappa shape index (κ1) is 24.3. The number of benzene rings is 3. The largest absolute Gasteiger partial charge is 0.268 e. The zero-order chi connectivity index (χ0) is 25.8. The maximum absolute atomic E-state index is 14.1. The van der Waals surface area contributed by atoms with Gasteiger partial charge >= 0.3 is 0 Å². The molecule has 186 valence electrons. The minimum Gasteiger partial charge on any atom is -0.234 e. The van der Waals surface area contributed by atoms with E-state index in [1.165, 1.54) is 8.61 Å². The Morgan fingerprint density at radius 2 is 1.08 bits per heavy atom. The number of fused-ring (bicyclic) bond motifs is 1. The third kappa shape index (κ3) is 3.85. The molecular weight excluding hydrogens is 492 g/mol. The van der Waals surface area contributed by atoms with Crippen molar-refractivity contribution >= 4 is 31.4 Å². The highest BCUT2D eigenvalue weighted by atomic mass is 32.2. The monoisotopic (exact) mass is 520 g/mol. The van der Waals surface area contributed by atoms with Gasteiger partial charge in [-0.3, -0.25) is 0 Å². The van der Waals surface area contributed by atoms with Crippen molar-refractivity contribution in [2.45, 2.75) is 50.3 Å². The third-order valence-corrected chi connectivity index (χ3v) is 10.2. The lowest BCUT2D eigenvalue weighted by Gasteiger charge is -2.41. The molecule has 2 aliphatic rings. The number of nitrogens with zero attached hydrogens (tertiary/aromatic N) is 2. The van der Waals surface area contributed by atoms with Crippen LogP contribution in [0.15, 0.2) is 94.0 Å². The van der Waals surface area contributed by atoms with E-state index >= 15 is 0 Å². The van der Waals surface area contributed by atoms with Crippen molar-refractivity contribution in [3.05, 3.63) is 106 Å². The number of allylic oxidation sites excluding steroid dienone is 3. The SMILES string of the molecule is Cc1ccc(S(=O)(=O)N2C3=C(CCC=C3)N(S(=O)(=O)c3ccc(C)cc3)c3cc(C)c(C)cc32)cc1. The molecule has 0 unspecified atom stereocenters. The van der Waals surface area contributed by atoms with Crippen molar-refractivity contribution in [1.29, 1.82) is 0 Å². The van der Waals surface area contributed by atoms with Crippen molar-refractivity contribution in [3.8, 4) is 0 Å². The fourth-order valence-electron chi connectivity index (χ4n) is 4.58. The van der Waals surface area contributed by atoms with Crippen LogP contribution in [0.2, 0.25) is 0 Å². The van der Waals surface area contributed by atoms with Gasteiger partial charge in [0.2, 0.25) is 0 Å². The van der Waals surface area contributed by atoms with Gasteiger partial charge in [0.15, 0.2) is 0 Å². The summed E-state index contributed by atoms with van der Waals surface area (Å²) in [6.07, 6.45) is 4.61. The predicted molar refractivity (Wildman–Crippen MR) is 143 cm³/mol. The maximum atomic E-state index is 14.1. The number of aryl methyl sites for hydroxylation is 4. The highest BCUT2D eigenvalue weighted by Crippen LogP contribution is 2.48. The molecule has 3 aromatic rings. The second-order valence-electron chi connectivity index (χ2n) is 9.36. The van der Waals surface area contributed by atoms with Gasteiger partial charge in [0.05, 0.1) is 32.6 Å². The minimum absolute atomic E-state index is 0.151. The van der Waals surface area contributed by atoms with E-state index in [-0.39, 0.29) is 9.79 Å². The molecule has 0 amide bonds. The highest BCUT2D eigenvalue weighted by Gasteiger charge is 2.42. The second kappa shape index (κ2) is 8.64. The van der Waals surface area contributed by atoms with Gasteiger partial charge in [0.1, 0.15) is 0 Å². The molecule has 0 bridgehead atoms. The molecule has 0 saturated carbocycles. The minimum atomic E-state index is -4.03. The van der Waals surface area contributed by atoms with Gasteiger partial charge in [-0.05, 0) is 94.1 Å². The molecule has 0 aromatic heterocycles. The molecule has 0 saturated heterocycles. The Hall–Kier alpha value is -3.36. The zero-order valence-electron chi connectivity index (χ0n) is 20.7. The standard InChI is InChI=1S/C28H28N2O4S2/c1-19-9-13-23(14-10-19)35(31,32)29-25-7-5-6-8-26(25)30(28-18-22(4)21(3)17-27(28)29)36(33,34)24-15-11-20(2)12-16-24/h5,7,9-18H,6,8H2,1-4H3. The second-order valence-corrected chi connectivity index (χ2v) is 12.9. The average molecular weight is 521 g/mol. The first-order chi connectivity index (χ1) is 17.0. The van der Waals surface area contributed by atoms with Gasteiger partial charge < -0.3 is 0 Å². The average Bonchev–Trinajstić information content (AvgIpc) is 2.83. The molecule has 0 N–H and O–H groups in total. The van der Waals surface area contributed by atoms with Gasteiger partial charge in [-0.1, -0.05) is 41.5 Å². The van der Waals surface area contributed by atoms with E-state index in [1.807, 2.05) is 33.8 Å². The Morgan fingerprint density at radius 3 is 1.58 bits per heavy atom. The van der Waals surface area contributed by atoms with Crippen LogP contribution in [0.3, 0.4) is 0 Å². The third-order valence-electron chi connectivity index (χ3n) is 6.73. The van der Waals surface area contributed by atoms with Crippen LogP contribution >= 0.6 is 0 Å². The molecule has 8 heteroatoms. The van der Waals surface area contributed by atoms with Crippen LogP contribution < -0.4 is 8.61 Å². The predicted octanol–water partition coefficient (Wildman–Crippen LogP) is 5.89. The Morgan fingerprint density at radius 1 is 0.639 bits per heavy atom. The smallest absolute Gasteiger partial charge is 0.234 e. The van der Waals surface area contributed by atoms with Gasteiger partial charge in [-0.15, -0.1) is 0 Å². The van der Waals surface area contributed by atoms with E-state index < -0.39 is 20.0 Å². The summed E-state index contributed by atoms with van der Waals surface area (Å²) < 4.78 is 58.9. The lowest BCUT2D eigenvalue weighted by atomic mass is 10.0. The van der Waals surface area contributed by atoms with Crippen molar-refractivity contribution in [2.24, 2.45) is 0 Å². The van der Waals surface area contributed by atoms with Gasteiger partial charge in [0.25, 0.3) is 20.0 Å². The van der Waals surface area contributed by atoms with E-state index in [2.05, 4.69) is 0 Å². The molecule has 5 rings (SSSR count). The van der Waals surface area contributed by atoms with Crippen molar-refractivity contribution in [1.82, 2.24) is 0 Å². The summed E-state index contributed by atoms with van der Waals surface area (Å²) in [5.41, 5.74) is 5.11. The fraction of sp³-hybridized carbons (Fsp3) is 0.214. The first-order valence-electron chi connectivity index (χ1n) is 11.8. The Labute approximate surface area is 213 Å². The van der Waals surface area contributed by atoms with Gasteiger partial charge in [0, 0.05) is 0 Å². The van der Waals surface area contributed by atoms with Crippen LogP contribution in [0.4, 0.5) is 11.4 Å². The summed E-state index contributed by atoms with van der Waals surface area (Å²) in [6.45, 7) is 7.59. The molecular formula is C28H28N2O4S2. The van der Waals surface area contributed by atoms with Crippen molar-refractivity contribution < 1.29 is 16.8 Å². The lowest BCUT2D eigenvalue weighted by molar-refractivity contribution is 0.588. The van der Waals surface area contributed by atoms with Crippen LogP contribution in [0.1, 0.15) is 35.1 Å². The van der Waals surface area contributed by atoms with Crippen LogP contribution in [0, 0.1) is 27.7 Å². The normalized spacial score (nSPS) is 15.7. The van der Waals surface area contributed by atoms with Crippen LogP contribution in [-0.4, -0.2) is 16.8 Å². The van der Waals surface area contributed by atoms with E-state index in [9.17, 15) is 16.8 Å². The van der Waals surface area contributed by atoms with E-state index in [0.717, 1.165) is 22.3 Å². The van der Waals surface area contributed by atoms with Crippen molar-refractivity contribution in [3.63, 3.8) is 0 Å². The van der Waals surface area contributed by atoms with Crippen LogP contribution in [-0.2, 0) is 20.0 Å². The van der Waals surface area contributed by atoms with E-state index in [1.54, 1.807) is 66.7 Å². The van der Waals surface area contributed by atoms with Gasteiger partial charge in [-0.25, -0.2) is 25.4 Å². The highest BCUT2D eigenvalue weighted by molar-refractivity contribution is 7.93. The summed E-state index contributed by atoms with van der Waals surface area (Å²) >= 11 is 0. The summed E-state index contributed by atoms with van der Waals surface area (Å²) in [5.74, 6) is 0. The number of rotatable bonds is 4. The lowest BCUT2D eigenvalue weighted by Crippen LogP contribution is -2.42. The van der Waals surface area contributed by atoms with Gasteiger partial charge in [-0.2, -0.15) is 0 Å². The number of hydrogen-bond acceptors (Lipinski definition) is 4. The summed E-state index contributed by atoms with van der Waals surface area (Å²) in [5, 5.41) is 0. The van der Waals surface area contributed by atoms with Crippen LogP contribution in [0.5, 0.6) is 0 Å². The molecule has 1 heterocycles. The number of hydrogen-bond donors (Lipinski definition) is 0. The maximum Gasteiger partial charge on any atom is 0.268 e. The Kier molecular flexibility index (Phi) is 5.84. The molecule has 36 heavy (non-hydrogen) atoms. The zero-order valence-corrected chi connectivity index (χ0v) is 22.3. The molecule has 1 aliphatic carbocycles. The Balaban J connectivity index is 1.82. The topological polar surface area (TPSA) is 74.8 Å². The number of anilines is 2. The van der Waals surface area contributed by atoms with E-state index in [0.29, 0.717) is 35.6 Å². The summed E-state index contributed by atoms with van der Waals surface area (Å²) in [6, 6.07) is 17.0. The van der Waals surface area contributed by atoms with Crippen LogP contribution in [0.25, 0.3) is 0 Å². The number of sulfonamides is 2. The summed E-state index contributed by atoms with van der Waals surface area (Å²) in [4.78, 5) is 0.312. The first-order valence-corrected chi connectivity index (χ1v) is 14.6. The Bertz CT molecular complexity index is 1630. The molecule has 0 spiro atoms. The molecule has 6 nitrogen and oxygen atoms in total. The summed E-state index contributed by atoms with van der Waals surface area (Å²) in [7, 11) is -8.04. The van der Waals surface area contributed by atoms with E-state index in [4.69, 9.17) is 0 Å². The molecule has 0 fully saturated rings. The quantitative estimate of drug-likeness (QED) is 0.430.